The predicted octanol–water partition coefficient (Wildman–Crippen LogP) is 3.67. The molecule has 108 valence electrons. The van der Waals surface area contributed by atoms with Gasteiger partial charge in [-0.15, -0.1) is 0 Å². The molecular formula is C16H34N2. The van der Waals surface area contributed by atoms with Gasteiger partial charge in [-0.2, -0.15) is 0 Å². The number of nitrogens with zero attached hydrogens (tertiary/aromatic N) is 1. The van der Waals surface area contributed by atoms with Gasteiger partial charge in [0.1, 0.15) is 0 Å². The molecule has 1 unspecified atom stereocenters. The first kappa shape index (κ1) is 16.0. The standard InChI is InChI=1S/C16H34N2/c1-6-14(7-2)13-15(17-3)16(18(4)5)11-9-8-10-12-16/h14-15,17H,6-13H2,1-5H3. The molecule has 0 amide bonds. The number of rotatable bonds is 7. The van der Waals surface area contributed by atoms with Crippen molar-refractivity contribution in [2.24, 2.45) is 5.92 Å². The van der Waals surface area contributed by atoms with Crippen molar-refractivity contribution in [1.82, 2.24) is 10.2 Å². The fraction of sp³-hybridized carbons (Fsp3) is 1.00. The van der Waals surface area contributed by atoms with E-state index in [0.717, 1.165) is 5.92 Å². The Morgan fingerprint density at radius 1 is 1.06 bits per heavy atom. The van der Waals surface area contributed by atoms with Crippen LogP contribution in [0.3, 0.4) is 0 Å². The quantitative estimate of drug-likeness (QED) is 0.746. The van der Waals surface area contributed by atoms with Crippen molar-refractivity contribution in [2.45, 2.75) is 76.8 Å². The van der Waals surface area contributed by atoms with Gasteiger partial charge in [-0.1, -0.05) is 46.0 Å². The first-order valence-corrected chi connectivity index (χ1v) is 7.95. The lowest BCUT2D eigenvalue weighted by Crippen LogP contribution is -2.59. The highest BCUT2D eigenvalue weighted by Crippen LogP contribution is 2.37. The minimum atomic E-state index is 0.398. The average molecular weight is 254 g/mol. The predicted molar refractivity (Wildman–Crippen MR) is 81.0 cm³/mol. The molecule has 0 aromatic carbocycles. The SMILES string of the molecule is CCC(CC)CC(NC)C1(N(C)C)CCCCC1. The molecular weight excluding hydrogens is 220 g/mol. The molecule has 1 rings (SSSR count). The minimum absolute atomic E-state index is 0.398. The Balaban J connectivity index is 2.80. The van der Waals surface area contributed by atoms with Crippen molar-refractivity contribution >= 4 is 0 Å². The van der Waals surface area contributed by atoms with Gasteiger partial charge >= 0.3 is 0 Å². The fourth-order valence-electron chi connectivity index (χ4n) is 3.83. The molecule has 1 fully saturated rings. The number of hydrogen-bond acceptors (Lipinski definition) is 2. The molecule has 0 aromatic rings. The molecule has 0 aromatic heterocycles. The summed E-state index contributed by atoms with van der Waals surface area (Å²) in [6, 6.07) is 0.651. The lowest BCUT2D eigenvalue weighted by atomic mass is 9.72. The summed E-state index contributed by atoms with van der Waals surface area (Å²) in [5.41, 5.74) is 0.398. The summed E-state index contributed by atoms with van der Waals surface area (Å²) in [6.07, 6.45) is 10.9. The normalized spacial score (nSPS) is 21.5. The zero-order valence-corrected chi connectivity index (χ0v) is 13.3. The highest BCUT2D eigenvalue weighted by atomic mass is 15.2. The zero-order chi connectivity index (χ0) is 13.6. The molecule has 1 aliphatic rings. The van der Waals surface area contributed by atoms with E-state index in [-0.39, 0.29) is 0 Å². The Morgan fingerprint density at radius 3 is 2.00 bits per heavy atom. The third-order valence-electron chi connectivity index (χ3n) is 5.33. The average Bonchev–Trinajstić information content (AvgIpc) is 2.41. The highest BCUT2D eigenvalue weighted by Gasteiger charge is 2.41. The summed E-state index contributed by atoms with van der Waals surface area (Å²) >= 11 is 0. The minimum Gasteiger partial charge on any atom is -0.315 e. The van der Waals surface area contributed by atoms with E-state index in [4.69, 9.17) is 0 Å². The second-order valence-corrected chi connectivity index (χ2v) is 6.32. The molecule has 0 heterocycles. The second-order valence-electron chi connectivity index (χ2n) is 6.32. The van der Waals surface area contributed by atoms with Crippen molar-refractivity contribution in [1.29, 1.82) is 0 Å². The van der Waals surface area contributed by atoms with Crippen molar-refractivity contribution in [2.75, 3.05) is 21.1 Å². The van der Waals surface area contributed by atoms with Crippen LogP contribution in [-0.4, -0.2) is 37.6 Å². The van der Waals surface area contributed by atoms with E-state index in [0.29, 0.717) is 11.6 Å². The van der Waals surface area contributed by atoms with Crippen LogP contribution < -0.4 is 5.32 Å². The topological polar surface area (TPSA) is 15.3 Å². The Labute approximate surface area is 115 Å². The molecule has 0 spiro atoms. The zero-order valence-electron chi connectivity index (χ0n) is 13.3. The van der Waals surface area contributed by atoms with Gasteiger partial charge in [0.25, 0.3) is 0 Å². The summed E-state index contributed by atoms with van der Waals surface area (Å²) in [6.45, 7) is 4.67. The van der Waals surface area contributed by atoms with Crippen LogP contribution in [0.4, 0.5) is 0 Å². The summed E-state index contributed by atoms with van der Waals surface area (Å²) in [5, 5.41) is 3.65. The van der Waals surface area contributed by atoms with Gasteiger partial charge in [-0.05, 0) is 46.3 Å². The largest absolute Gasteiger partial charge is 0.315 e. The van der Waals surface area contributed by atoms with Gasteiger partial charge in [0.05, 0.1) is 0 Å². The third-order valence-corrected chi connectivity index (χ3v) is 5.33. The smallest absolute Gasteiger partial charge is 0.0356 e. The third kappa shape index (κ3) is 3.48. The van der Waals surface area contributed by atoms with E-state index in [9.17, 15) is 0 Å². The summed E-state index contributed by atoms with van der Waals surface area (Å²) in [4.78, 5) is 2.51. The summed E-state index contributed by atoms with van der Waals surface area (Å²) < 4.78 is 0. The molecule has 1 atom stereocenters. The van der Waals surface area contributed by atoms with Crippen LogP contribution in [0.15, 0.2) is 0 Å². The van der Waals surface area contributed by atoms with E-state index < -0.39 is 0 Å². The highest BCUT2D eigenvalue weighted by molar-refractivity contribution is 5.00. The van der Waals surface area contributed by atoms with E-state index >= 15 is 0 Å². The van der Waals surface area contributed by atoms with Crippen LogP contribution in [-0.2, 0) is 0 Å². The van der Waals surface area contributed by atoms with E-state index in [1.807, 2.05) is 0 Å². The number of likely N-dealkylation sites (N-methyl/N-ethyl adjacent to an activating group) is 2. The van der Waals surface area contributed by atoms with Crippen LogP contribution in [0.2, 0.25) is 0 Å². The lowest BCUT2D eigenvalue weighted by Gasteiger charge is -2.49. The van der Waals surface area contributed by atoms with Crippen LogP contribution >= 0.6 is 0 Å². The van der Waals surface area contributed by atoms with E-state index in [1.54, 1.807) is 0 Å². The van der Waals surface area contributed by atoms with Gasteiger partial charge < -0.3 is 10.2 Å². The van der Waals surface area contributed by atoms with Crippen LogP contribution in [0, 0.1) is 5.92 Å². The first-order chi connectivity index (χ1) is 8.60. The Hall–Kier alpha value is -0.0800. The van der Waals surface area contributed by atoms with Crippen LogP contribution in [0.5, 0.6) is 0 Å². The van der Waals surface area contributed by atoms with Gasteiger partial charge in [-0.25, -0.2) is 0 Å². The van der Waals surface area contributed by atoms with E-state index in [1.165, 1.54) is 51.4 Å². The maximum absolute atomic E-state index is 3.65. The van der Waals surface area contributed by atoms with Gasteiger partial charge in [0.15, 0.2) is 0 Å². The molecule has 0 bridgehead atoms. The molecule has 1 saturated carbocycles. The maximum Gasteiger partial charge on any atom is 0.0356 e. The Kier molecular flexibility index (Phi) is 6.65. The lowest BCUT2D eigenvalue weighted by molar-refractivity contribution is 0.0491. The van der Waals surface area contributed by atoms with Crippen molar-refractivity contribution in [3.05, 3.63) is 0 Å². The number of hydrogen-bond donors (Lipinski definition) is 1. The van der Waals surface area contributed by atoms with Gasteiger partial charge in [0.2, 0.25) is 0 Å². The molecule has 0 radical (unpaired) electrons. The summed E-state index contributed by atoms with van der Waals surface area (Å²) in [7, 11) is 6.72. The Bertz CT molecular complexity index is 215. The van der Waals surface area contributed by atoms with Gasteiger partial charge in [-0.3, -0.25) is 0 Å². The second kappa shape index (κ2) is 7.49. The molecule has 0 aliphatic heterocycles. The van der Waals surface area contributed by atoms with Crippen molar-refractivity contribution < 1.29 is 0 Å². The molecule has 2 heteroatoms. The van der Waals surface area contributed by atoms with E-state index in [2.05, 4.69) is 45.2 Å². The van der Waals surface area contributed by atoms with Crippen LogP contribution in [0.1, 0.15) is 65.2 Å². The maximum atomic E-state index is 3.65. The van der Waals surface area contributed by atoms with Gasteiger partial charge in [0, 0.05) is 11.6 Å². The first-order valence-electron chi connectivity index (χ1n) is 7.95. The number of nitrogens with one attached hydrogen (secondary N) is 1. The molecule has 18 heavy (non-hydrogen) atoms. The molecule has 0 saturated heterocycles. The van der Waals surface area contributed by atoms with Crippen molar-refractivity contribution in [3.63, 3.8) is 0 Å². The molecule has 1 N–H and O–H groups in total. The molecule has 2 nitrogen and oxygen atoms in total. The molecule has 1 aliphatic carbocycles. The monoisotopic (exact) mass is 254 g/mol. The fourth-order valence-corrected chi connectivity index (χ4v) is 3.83. The Morgan fingerprint density at radius 2 is 1.61 bits per heavy atom. The van der Waals surface area contributed by atoms with Crippen LogP contribution in [0.25, 0.3) is 0 Å². The van der Waals surface area contributed by atoms with Crippen molar-refractivity contribution in [3.8, 4) is 0 Å². The summed E-state index contributed by atoms with van der Waals surface area (Å²) in [5.74, 6) is 0.876.